The van der Waals surface area contributed by atoms with Gasteiger partial charge >= 0.3 is 0 Å². The lowest BCUT2D eigenvalue weighted by atomic mass is 10.1. The molecule has 1 N–H and O–H groups in total. The number of hydrogen-bond donors (Lipinski definition) is 1. The van der Waals surface area contributed by atoms with Crippen LogP contribution in [0, 0.1) is 5.92 Å². The van der Waals surface area contributed by atoms with Crippen molar-refractivity contribution < 1.29 is 9.53 Å². The van der Waals surface area contributed by atoms with Gasteiger partial charge in [0.15, 0.2) is 0 Å². The summed E-state index contributed by atoms with van der Waals surface area (Å²) in [6, 6.07) is 11.2. The Bertz CT molecular complexity index is 604. The van der Waals surface area contributed by atoms with E-state index >= 15 is 0 Å². The van der Waals surface area contributed by atoms with Gasteiger partial charge < -0.3 is 4.74 Å². The van der Waals surface area contributed by atoms with Crippen molar-refractivity contribution in [3.8, 4) is 5.75 Å². The molecule has 0 bridgehead atoms. The Hall–Kier alpha value is -2.14. The summed E-state index contributed by atoms with van der Waals surface area (Å²) in [7, 11) is 0. The highest BCUT2D eigenvalue weighted by molar-refractivity contribution is 7.12. The Morgan fingerprint density at radius 3 is 2.73 bits per heavy atom. The highest BCUT2D eigenvalue weighted by atomic mass is 32.1. The molecule has 1 amide bonds. The minimum Gasteiger partial charge on any atom is -0.494 e. The van der Waals surface area contributed by atoms with Gasteiger partial charge in [-0.2, -0.15) is 5.10 Å². The van der Waals surface area contributed by atoms with E-state index in [4.69, 9.17) is 4.74 Å². The van der Waals surface area contributed by atoms with E-state index in [9.17, 15) is 4.79 Å². The Morgan fingerprint density at radius 2 is 2.09 bits per heavy atom. The van der Waals surface area contributed by atoms with Gasteiger partial charge in [-0.05, 0) is 53.6 Å². The molecule has 0 fully saturated rings. The average Bonchev–Trinajstić information content (AvgIpc) is 3.03. The average molecular weight is 316 g/mol. The van der Waals surface area contributed by atoms with Gasteiger partial charge in [-0.25, -0.2) is 5.43 Å². The molecule has 4 nitrogen and oxygen atoms in total. The maximum atomic E-state index is 11.7. The zero-order valence-corrected chi connectivity index (χ0v) is 13.6. The van der Waals surface area contributed by atoms with Crippen LogP contribution in [-0.4, -0.2) is 18.7 Å². The van der Waals surface area contributed by atoms with Gasteiger partial charge in [0.1, 0.15) is 5.75 Å². The van der Waals surface area contributed by atoms with Crippen LogP contribution in [0.1, 0.15) is 35.5 Å². The van der Waals surface area contributed by atoms with Gasteiger partial charge in [-0.3, -0.25) is 4.79 Å². The molecule has 5 heteroatoms. The molecule has 1 aromatic heterocycles. The van der Waals surface area contributed by atoms with Crippen LogP contribution in [0.25, 0.3) is 0 Å². The first-order valence-electron chi connectivity index (χ1n) is 7.25. The second kappa shape index (κ2) is 8.34. The molecule has 0 aliphatic heterocycles. The van der Waals surface area contributed by atoms with Crippen molar-refractivity contribution in [2.24, 2.45) is 11.0 Å². The van der Waals surface area contributed by atoms with Crippen molar-refractivity contribution in [2.75, 3.05) is 6.61 Å². The molecule has 0 saturated carbocycles. The Balaban J connectivity index is 1.80. The number of nitrogens with zero attached hydrogens (tertiary/aromatic N) is 1. The number of carbonyl (C=O) groups is 1. The first-order chi connectivity index (χ1) is 10.6. The van der Waals surface area contributed by atoms with Gasteiger partial charge in [0.2, 0.25) is 0 Å². The quantitative estimate of drug-likeness (QED) is 0.621. The van der Waals surface area contributed by atoms with Crippen LogP contribution >= 0.6 is 11.3 Å². The monoisotopic (exact) mass is 316 g/mol. The molecule has 22 heavy (non-hydrogen) atoms. The van der Waals surface area contributed by atoms with Crippen molar-refractivity contribution >= 4 is 23.5 Å². The van der Waals surface area contributed by atoms with Crippen molar-refractivity contribution in [1.82, 2.24) is 5.43 Å². The molecule has 2 aromatic rings. The maximum Gasteiger partial charge on any atom is 0.281 e. The number of amides is 1. The third-order valence-corrected chi connectivity index (χ3v) is 3.84. The zero-order chi connectivity index (χ0) is 15.8. The van der Waals surface area contributed by atoms with E-state index in [-0.39, 0.29) is 5.91 Å². The molecular formula is C17H20N2O2S. The SMILES string of the molecule is CC(C)CCOc1ccc(/C=N\NC(=O)c2cccs2)cc1. The van der Waals surface area contributed by atoms with E-state index in [2.05, 4.69) is 24.4 Å². The van der Waals surface area contributed by atoms with E-state index in [1.54, 1.807) is 12.3 Å². The summed E-state index contributed by atoms with van der Waals surface area (Å²) in [6.07, 6.45) is 2.65. The number of benzene rings is 1. The van der Waals surface area contributed by atoms with E-state index < -0.39 is 0 Å². The maximum absolute atomic E-state index is 11.7. The van der Waals surface area contributed by atoms with Crippen molar-refractivity contribution in [1.29, 1.82) is 0 Å². The minimum absolute atomic E-state index is 0.195. The van der Waals surface area contributed by atoms with E-state index in [1.165, 1.54) is 11.3 Å². The highest BCUT2D eigenvalue weighted by Crippen LogP contribution is 2.12. The summed E-state index contributed by atoms with van der Waals surface area (Å²) in [5.74, 6) is 1.29. The van der Waals surface area contributed by atoms with E-state index in [0.717, 1.165) is 24.3 Å². The van der Waals surface area contributed by atoms with Gasteiger partial charge in [-0.15, -0.1) is 11.3 Å². The molecule has 0 atom stereocenters. The number of hydrogen-bond acceptors (Lipinski definition) is 4. The van der Waals surface area contributed by atoms with Crippen LogP contribution in [0.15, 0.2) is 46.9 Å². The van der Waals surface area contributed by atoms with Crippen LogP contribution in [-0.2, 0) is 0 Å². The van der Waals surface area contributed by atoms with Crippen LogP contribution in [0.4, 0.5) is 0 Å². The predicted octanol–water partition coefficient (Wildman–Crippen LogP) is 3.94. The van der Waals surface area contributed by atoms with E-state index in [1.807, 2.05) is 35.7 Å². The molecule has 0 radical (unpaired) electrons. The van der Waals surface area contributed by atoms with Gasteiger partial charge in [-0.1, -0.05) is 19.9 Å². The molecule has 1 aromatic carbocycles. The predicted molar refractivity (Wildman–Crippen MR) is 90.8 cm³/mol. The molecule has 0 unspecified atom stereocenters. The topological polar surface area (TPSA) is 50.7 Å². The lowest BCUT2D eigenvalue weighted by Crippen LogP contribution is -2.16. The van der Waals surface area contributed by atoms with Gasteiger partial charge in [0, 0.05) is 0 Å². The first kappa shape index (κ1) is 16.2. The van der Waals surface area contributed by atoms with Crippen LogP contribution in [0.2, 0.25) is 0 Å². The van der Waals surface area contributed by atoms with Crippen LogP contribution in [0.3, 0.4) is 0 Å². The smallest absolute Gasteiger partial charge is 0.281 e. The normalized spacial score (nSPS) is 11.0. The third-order valence-electron chi connectivity index (χ3n) is 2.97. The fourth-order valence-corrected chi connectivity index (χ4v) is 2.30. The van der Waals surface area contributed by atoms with Crippen LogP contribution in [0.5, 0.6) is 5.75 Å². The van der Waals surface area contributed by atoms with Gasteiger partial charge in [0.05, 0.1) is 17.7 Å². The Labute approximate surface area is 134 Å². The van der Waals surface area contributed by atoms with Crippen molar-refractivity contribution in [3.63, 3.8) is 0 Å². The fourth-order valence-electron chi connectivity index (χ4n) is 1.69. The summed E-state index contributed by atoms with van der Waals surface area (Å²) < 4.78 is 5.65. The summed E-state index contributed by atoms with van der Waals surface area (Å²) >= 11 is 1.39. The van der Waals surface area contributed by atoms with E-state index in [0.29, 0.717) is 10.8 Å². The summed E-state index contributed by atoms with van der Waals surface area (Å²) in [6.45, 7) is 5.07. The molecule has 0 saturated heterocycles. The number of hydrazone groups is 1. The number of rotatable bonds is 7. The third kappa shape index (κ3) is 5.33. The molecule has 1 heterocycles. The minimum atomic E-state index is -0.195. The molecule has 2 rings (SSSR count). The Kier molecular flexibility index (Phi) is 6.15. The largest absolute Gasteiger partial charge is 0.494 e. The number of ether oxygens (including phenoxy) is 1. The standard InChI is InChI=1S/C17H20N2O2S/c1-13(2)9-10-21-15-7-5-14(6-8-15)12-18-19-17(20)16-4-3-11-22-16/h3-8,11-13H,9-10H2,1-2H3,(H,19,20)/b18-12-. The second-order valence-electron chi connectivity index (χ2n) is 5.28. The fraction of sp³-hybridized carbons (Fsp3) is 0.294. The number of carbonyl (C=O) groups excluding carboxylic acids is 1. The summed E-state index contributed by atoms with van der Waals surface area (Å²) in [5, 5.41) is 5.81. The second-order valence-corrected chi connectivity index (χ2v) is 6.22. The number of nitrogens with one attached hydrogen (secondary N) is 1. The van der Waals surface area contributed by atoms with Gasteiger partial charge in [0.25, 0.3) is 5.91 Å². The summed E-state index contributed by atoms with van der Waals surface area (Å²) in [4.78, 5) is 12.3. The zero-order valence-electron chi connectivity index (χ0n) is 12.8. The molecule has 0 aliphatic carbocycles. The number of thiophene rings is 1. The van der Waals surface area contributed by atoms with Crippen molar-refractivity contribution in [3.05, 3.63) is 52.2 Å². The Morgan fingerprint density at radius 1 is 1.32 bits per heavy atom. The lowest BCUT2D eigenvalue weighted by molar-refractivity contribution is 0.0959. The van der Waals surface area contributed by atoms with Crippen molar-refractivity contribution in [2.45, 2.75) is 20.3 Å². The highest BCUT2D eigenvalue weighted by Gasteiger charge is 2.03. The summed E-state index contributed by atoms with van der Waals surface area (Å²) in [5.41, 5.74) is 3.41. The molecule has 0 aliphatic rings. The molecular weight excluding hydrogens is 296 g/mol. The molecule has 116 valence electrons. The lowest BCUT2D eigenvalue weighted by Gasteiger charge is -2.07. The van der Waals surface area contributed by atoms with Crippen LogP contribution < -0.4 is 10.2 Å². The molecule has 0 spiro atoms. The first-order valence-corrected chi connectivity index (χ1v) is 8.13.